The van der Waals surface area contributed by atoms with Crippen LogP contribution in [0.4, 0.5) is 4.39 Å². The molecule has 1 aromatic carbocycles. The van der Waals surface area contributed by atoms with Gasteiger partial charge in [-0.25, -0.2) is 4.39 Å². The van der Waals surface area contributed by atoms with E-state index in [-0.39, 0.29) is 0 Å². The molecule has 0 aliphatic carbocycles. The van der Waals surface area contributed by atoms with Crippen LogP contribution in [-0.2, 0) is 0 Å². The van der Waals surface area contributed by atoms with Crippen molar-refractivity contribution in [2.45, 2.75) is 60.1 Å². The number of benzene rings is 1. The molecule has 130 valence electrons. The number of hydrogen-bond acceptors (Lipinski definition) is 0. The number of unbranched alkanes of at least 4 members (excludes halogenated alkanes) is 1. The fourth-order valence-corrected chi connectivity index (χ4v) is 1.81. The summed E-state index contributed by atoms with van der Waals surface area (Å²) in [6.07, 6.45) is 11.2. The molecule has 1 heteroatoms. The minimum Gasteiger partial charge on any atom is -0.239 e. The minimum absolute atomic E-state index is 0.501. The number of rotatable bonds is 5. The predicted octanol–water partition coefficient (Wildman–Crippen LogP) is 7.24. The first-order valence-electron chi connectivity index (χ1n) is 8.47. The third-order valence-electron chi connectivity index (χ3n) is 3.63. The molecule has 0 amide bonds. The van der Waals surface area contributed by atoms with Crippen molar-refractivity contribution in [2.24, 2.45) is 0 Å². The Labute approximate surface area is 148 Å². The van der Waals surface area contributed by atoms with Crippen molar-refractivity contribution in [3.63, 3.8) is 0 Å². The number of allylic oxidation sites excluding steroid dienone is 5. The molecule has 0 heterocycles. The summed E-state index contributed by atoms with van der Waals surface area (Å²) in [5.41, 5.74) is 3.20. The fourth-order valence-electron chi connectivity index (χ4n) is 1.81. The Balaban J connectivity index is 0.00000118. The Morgan fingerprint density at radius 2 is 1.58 bits per heavy atom. The average molecular weight is 326 g/mol. The zero-order valence-corrected chi connectivity index (χ0v) is 16.0. The van der Waals surface area contributed by atoms with Gasteiger partial charge in [-0.05, 0) is 56.0 Å². The highest BCUT2D eigenvalue weighted by Crippen LogP contribution is 2.26. The maximum atomic E-state index is 14.1. The number of hydrogen-bond donors (Lipinski definition) is 0. The van der Waals surface area contributed by atoms with E-state index in [1.165, 1.54) is 32.8 Å². The molecule has 0 aliphatic rings. The lowest BCUT2D eigenvalue weighted by molar-refractivity contribution is 0.274. The summed E-state index contributed by atoms with van der Waals surface area (Å²) in [7, 11) is 0. The second-order valence-electron chi connectivity index (χ2n) is 6.42. The maximum absolute atomic E-state index is 14.1. The first-order chi connectivity index (χ1) is 11.2. The van der Waals surface area contributed by atoms with Crippen LogP contribution in [-0.4, -0.2) is 5.67 Å². The minimum atomic E-state index is -1.45. The van der Waals surface area contributed by atoms with Gasteiger partial charge < -0.3 is 0 Å². The lowest BCUT2D eigenvalue weighted by Gasteiger charge is -2.16. The van der Waals surface area contributed by atoms with Gasteiger partial charge in [-0.1, -0.05) is 75.1 Å². The highest BCUT2D eigenvalue weighted by atomic mass is 19.1. The Kier molecular flexibility index (Phi) is 9.74. The molecule has 0 spiro atoms. The van der Waals surface area contributed by atoms with E-state index in [2.05, 4.69) is 26.3 Å². The van der Waals surface area contributed by atoms with E-state index in [1.54, 1.807) is 6.08 Å². The van der Waals surface area contributed by atoms with Crippen molar-refractivity contribution in [3.05, 3.63) is 59.7 Å². The molecule has 24 heavy (non-hydrogen) atoms. The smallest absolute Gasteiger partial charge is 0.131 e. The maximum Gasteiger partial charge on any atom is 0.131 e. The van der Waals surface area contributed by atoms with Crippen LogP contribution < -0.4 is 0 Å². The van der Waals surface area contributed by atoms with Crippen LogP contribution >= 0.6 is 0 Å². The zero-order valence-electron chi connectivity index (χ0n) is 16.0. The van der Waals surface area contributed by atoms with E-state index in [9.17, 15) is 4.39 Å². The van der Waals surface area contributed by atoms with Gasteiger partial charge in [0, 0.05) is 0 Å². The Hall–Kier alpha value is -2.07. The van der Waals surface area contributed by atoms with Crippen LogP contribution in [0.25, 0.3) is 11.1 Å². The summed E-state index contributed by atoms with van der Waals surface area (Å²) in [6.45, 7) is 15.2. The van der Waals surface area contributed by atoms with Crippen LogP contribution in [0, 0.1) is 12.3 Å². The SMILES string of the molecule is C#C/C=C(\C=C(/C)c1ccc(C(=C)C)cc1)C(C)(C)F.CCCC. The van der Waals surface area contributed by atoms with Gasteiger partial charge in [0.2, 0.25) is 0 Å². The van der Waals surface area contributed by atoms with Gasteiger partial charge in [0.1, 0.15) is 5.67 Å². The Morgan fingerprint density at radius 3 is 1.92 bits per heavy atom. The monoisotopic (exact) mass is 326 g/mol. The van der Waals surface area contributed by atoms with Crippen LogP contribution in [0.15, 0.2) is 48.6 Å². The topological polar surface area (TPSA) is 0 Å². The van der Waals surface area contributed by atoms with Gasteiger partial charge in [-0.15, -0.1) is 6.42 Å². The molecule has 0 saturated heterocycles. The van der Waals surface area contributed by atoms with E-state index in [4.69, 9.17) is 6.42 Å². The molecular weight excluding hydrogens is 295 g/mol. The van der Waals surface area contributed by atoms with Crippen molar-refractivity contribution in [1.29, 1.82) is 0 Å². The molecule has 0 fully saturated rings. The highest BCUT2D eigenvalue weighted by Gasteiger charge is 2.20. The van der Waals surface area contributed by atoms with Gasteiger partial charge >= 0.3 is 0 Å². The first-order valence-corrected chi connectivity index (χ1v) is 8.47. The third kappa shape index (κ3) is 7.97. The Bertz CT molecular complexity index is 611. The number of terminal acetylenes is 1. The molecule has 0 saturated carbocycles. The summed E-state index contributed by atoms with van der Waals surface area (Å²) in [5.74, 6) is 2.40. The largest absolute Gasteiger partial charge is 0.239 e. The molecule has 0 aromatic heterocycles. The lowest BCUT2D eigenvalue weighted by Crippen LogP contribution is -2.14. The summed E-state index contributed by atoms with van der Waals surface area (Å²) < 4.78 is 14.1. The van der Waals surface area contributed by atoms with Crippen molar-refractivity contribution < 1.29 is 4.39 Å². The number of alkyl halides is 1. The molecule has 0 unspecified atom stereocenters. The van der Waals surface area contributed by atoms with Crippen LogP contribution in [0.2, 0.25) is 0 Å². The van der Waals surface area contributed by atoms with Gasteiger partial charge in [0.15, 0.2) is 0 Å². The quantitative estimate of drug-likeness (QED) is 0.395. The van der Waals surface area contributed by atoms with E-state index in [0.717, 1.165) is 22.3 Å². The van der Waals surface area contributed by atoms with Crippen molar-refractivity contribution >= 4 is 11.1 Å². The summed E-state index contributed by atoms with van der Waals surface area (Å²) in [6, 6.07) is 8.05. The van der Waals surface area contributed by atoms with Crippen LogP contribution in [0.1, 0.15) is 65.5 Å². The predicted molar refractivity (Wildman–Crippen MR) is 107 cm³/mol. The van der Waals surface area contributed by atoms with E-state index in [1.807, 2.05) is 38.1 Å². The second kappa shape index (κ2) is 10.7. The standard InChI is InChI=1S/C19H21F.C4H10/c1-7-8-18(19(5,6)20)13-15(4)17-11-9-16(10-12-17)14(2)3;1-3-4-2/h1,8-13H,2H2,3-6H3;3-4H2,1-2H3/b15-13+,18-8+;. The van der Waals surface area contributed by atoms with Crippen LogP contribution in [0.5, 0.6) is 0 Å². The zero-order chi connectivity index (χ0) is 18.8. The third-order valence-corrected chi connectivity index (χ3v) is 3.63. The number of halogens is 1. The van der Waals surface area contributed by atoms with Gasteiger partial charge in [-0.2, -0.15) is 0 Å². The van der Waals surface area contributed by atoms with Crippen molar-refractivity contribution in [1.82, 2.24) is 0 Å². The molecule has 0 nitrogen and oxygen atoms in total. The molecular formula is C23H31F. The molecule has 0 N–H and O–H groups in total. The molecule has 0 bridgehead atoms. The first kappa shape index (κ1) is 21.9. The highest BCUT2D eigenvalue weighted by molar-refractivity contribution is 5.70. The molecule has 1 aromatic rings. The van der Waals surface area contributed by atoms with Crippen molar-refractivity contribution in [3.8, 4) is 12.3 Å². The lowest BCUT2D eigenvalue weighted by atomic mass is 9.94. The Morgan fingerprint density at radius 1 is 1.12 bits per heavy atom. The summed E-state index contributed by atoms with van der Waals surface area (Å²) >= 11 is 0. The summed E-state index contributed by atoms with van der Waals surface area (Å²) in [5, 5.41) is 0. The fraction of sp³-hybridized carbons (Fsp3) is 0.391. The van der Waals surface area contributed by atoms with E-state index in [0.29, 0.717) is 5.57 Å². The second-order valence-corrected chi connectivity index (χ2v) is 6.42. The average Bonchev–Trinajstić information content (AvgIpc) is 2.53. The molecule has 0 radical (unpaired) electrons. The molecule has 0 atom stereocenters. The van der Waals surface area contributed by atoms with E-state index >= 15 is 0 Å². The van der Waals surface area contributed by atoms with Crippen LogP contribution in [0.3, 0.4) is 0 Å². The molecule has 0 aliphatic heterocycles. The summed E-state index contributed by atoms with van der Waals surface area (Å²) in [4.78, 5) is 0. The van der Waals surface area contributed by atoms with Crippen molar-refractivity contribution in [2.75, 3.05) is 0 Å². The molecule has 1 rings (SSSR count). The van der Waals surface area contributed by atoms with E-state index < -0.39 is 5.67 Å². The van der Waals surface area contributed by atoms with Gasteiger partial charge in [0.25, 0.3) is 0 Å². The van der Waals surface area contributed by atoms with Gasteiger partial charge in [0.05, 0.1) is 0 Å². The normalized spacial score (nSPS) is 12.1. The van der Waals surface area contributed by atoms with Gasteiger partial charge in [-0.3, -0.25) is 0 Å².